The van der Waals surface area contributed by atoms with Crippen molar-refractivity contribution in [3.63, 3.8) is 0 Å². The maximum Gasteiger partial charge on any atom is 0.251 e. The number of nitrogens with one attached hydrogen (secondary N) is 1. The molecule has 3 heteroatoms. The Morgan fingerprint density at radius 2 is 1.85 bits per heavy atom. The van der Waals surface area contributed by atoms with Gasteiger partial charge in [-0.05, 0) is 61.8 Å². The molecule has 3 N–H and O–H groups in total. The van der Waals surface area contributed by atoms with Crippen molar-refractivity contribution in [3.05, 3.63) is 34.9 Å². The molecular formula is C17H26N2O. The highest BCUT2D eigenvalue weighted by Crippen LogP contribution is 2.22. The molecule has 0 bridgehead atoms. The minimum absolute atomic E-state index is 0.00454. The van der Waals surface area contributed by atoms with E-state index in [2.05, 4.69) is 31.3 Å². The lowest BCUT2D eigenvalue weighted by molar-refractivity contribution is 0.0942. The summed E-state index contributed by atoms with van der Waals surface area (Å²) in [7, 11) is 0. The second-order valence-corrected chi connectivity index (χ2v) is 5.94. The van der Waals surface area contributed by atoms with Gasteiger partial charge in [0, 0.05) is 17.6 Å². The Morgan fingerprint density at radius 1 is 1.20 bits per heavy atom. The monoisotopic (exact) mass is 274 g/mol. The van der Waals surface area contributed by atoms with E-state index in [9.17, 15) is 4.79 Å². The van der Waals surface area contributed by atoms with Crippen LogP contribution < -0.4 is 11.1 Å². The van der Waals surface area contributed by atoms with Crippen molar-refractivity contribution in [2.75, 3.05) is 6.54 Å². The number of rotatable bonds is 5. The van der Waals surface area contributed by atoms with Crippen LogP contribution in [0.4, 0.5) is 0 Å². The van der Waals surface area contributed by atoms with E-state index in [1.54, 1.807) is 0 Å². The zero-order valence-electron chi connectivity index (χ0n) is 12.7. The van der Waals surface area contributed by atoms with E-state index < -0.39 is 0 Å². The van der Waals surface area contributed by atoms with Crippen LogP contribution in [0.5, 0.6) is 0 Å². The van der Waals surface area contributed by atoms with Gasteiger partial charge in [0.25, 0.3) is 5.91 Å². The lowest BCUT2D eigenvalue weighted by atomic mass is 9.90. The third kappa shape index (κ3) is 3.40. The first-order valence-corrected chi connectivity index (χ1v) is 7.77. The van der Waals surface area contributed by atoms with E-state index in [-0.39, 0.29) is 11.4 Å². The lowest BCUT2D eigenvalue weighted by Crippen LogP contribution is -2.49. The van der Waals surface area contributed by atoms with Crippen molar-refractivity contribution in [2.24, 2.45) is 5.73 Å². The number of carbonyl (C=O) groups is 1. The molecule has 0 saturated heterocycles. The van der Waals surface area contributed by atoms with Crippen LogP contribution in [-0.4, -0.2) is 18.0 Å². The van der Waals surface area contributed by atoms with Gasteiger partial charge in [0.2, 0.25) is 0 Å². The number of aryl methyl sites for hydroxylation is 2. The molecule has 0 spiro atoms. The molecule has 0 atom stereocenters. The first-order chi connectivity index (χ1) is 9.58. The van der Waals surface area contributed by atoms with Gasteiger partial charge in [-0.3, -0.25) is 4.79 Å². The Kier molecular flexibility index (Phi) is 4.81. The van der Waals surface area contributed by atoms with Crippen LogP contribution >= 0.6 is 0 Å². The van der Waals surface area contributed by atoms with Gasteiger partial charge >= 0.3 is 0 Å². The first kappa shape index (κ1) is 15.0. The molecule has 0 fully saturated rings. The highest BCUT2D eigenvalue weighted by molar-refractivity contribution is 5.94. The largest absolute Gasteiger partial charge is 0.350 e. The predicted octanol–water partition coefficient (Wildman–Crippen LogP) is 2.81. The Bertz CT molecular complexity index is 478. The molecule has 0 heterocycles. The van der Waals surface area contributed by atoms with E-state index >= 15 is 0 Å². The summed E-state index contributed by atoms with van der Waals surface area (Å²) in [5.41, 5.74) is 9.44. The molecule has 0 aromatic heterocycles. The molecule has 3 nitrogen and oxygen atoms in total. The lowest BCUT2D eigenvalue weighted by Gasteiger charge is -2.27. The van der Waals surface area contributed by atoms with Crippen molar-refractivity contribution < 1.29 is 4.79 Å². The number of amides is 1. The molecule has 0 radical (unpaired) electrons. The summed E-state index contributed by atoms with van der Waals surface area (Å²) < 4.78 is 0. The molecule has 20 heavy (non-hydrogen) atoms. The number of hydrogen-bond acceptors (Lipinski definition) is 2. The fraction of sp³-hybridized carbons (Fsp3) is 0.588. The second kappa shape index (κ2) is 6.40. The molecule has 1 aromatic carbocycles. The van der Waals surface area contributed by atoms with Gasteiger partial charge in [-0.2, -0.15) is 0 Å². The van der Waals surface area contributed by atoms with Crippen LogP contribution in [0.3, 0.4) is 0 Å². The summed E-state index contributed by atoms with van der Waals surface area (Å²) in [6.45, 7) is 4.67. The topological polar surface area (TPSA) is 55.1 Å². The molecule has 1 aromatic rings. The molecule has 2 rings (SSSR count). The predicted molar refractivity (Wildman–Crippen MR) is 82.9 cm³/mol. The summed E-state index contributed by atoms with van der Waals surface area (Å²) in [6, 6.07) is 6.11. The van der Waals surface area contributed by atoms with Crippen LogP contribution in [0.15, 0.2) is 18.2 Å². The summed E-state index contributed by atoms with van der Waals surface area (Å²) in [6.07, 6.45) is 6.48. The van der Waals surface area contributed by atoms with Gasteiger partial charge in [0.05, 0.1) is 0 Å². The molecule has 0 aliphatic heterocycles. The Labute approximate surface area is 121 Å². The number of carbonyl (C=O) groups excluding carboxylic acids is 1. The van der Waals surface area contributed by atoms with Crippen LogP contribution in [-0.2, 0) is 12.8 Å². The molecule has 1 aliphatic rings. The molecule has 0 saturated carbocycles. The van der Waals surface area contributed by atoms with E-state index in [1.807, 2.05) is 6.07 Å². The minimum Gasteiger partial charge on any atom is -0.350 e. The second-order valence-electron chi connectivity index (χ2n) is 5.94. The number of fused-ring (bicyclic) bond motifs is 1. The third-order valence-electron chi connectivity index (χ3n) is 4.62. The maximum atomic E-state index is 12.2. The quantitative estimate of drug-likeness (QED) is 0.867. The molecule has 1 aliphatic carbocycles. The van der Waals surface area contributed by atoms with Crippen LogP contribution in [0.1, 0.15) is 61.0 Å². The van der Waals surface area contributed by atoms with Gasteiger partial charge in [-0.15, -0.1) is 0 Å². The SMILES string of the molecule is CCC(N)(CC)CNC(=O)c1ccc2c(c1)CCCC2. The highest BCUT2D eigenvalue weighted by Gasteiger charge is 2.21. The van der Waals surface area contributed by atoms with Crippen molar-refractivity contribution in [2.45, 2.75) is 57.9 Å². The fourth-order valence-electron chi connectivity index (χ4n) is 2.73. The zero-order chi connectivity index (χ0) is 14.6. The third-order valence-corrected chi connectivity index (χ3v) is 4.62. The molecule has 110 valence electrons. The van der Waals surface area contributed by atoms with Crippen LogP contribution in [0.2, 0.25) is 0 Å². The van der Waals surface area contributed by atoms with Crippen LogP contribution in [0.25, 0.3) is 0 Å². The summed E-state index contributed by atoms with van der Waals surface area (Å²) >= 11 is 0. The van der Waals surface area contributed by atoms with Gasteiger partial charge in [0.15, 0.2) is 0 Å². The Hall–Kier alpha value is -1.35. The maximum absolute atomic E-state index is 12.2. The summed E-state index contributed by atoms with van der Waals surface area (Å²) in [4.78, 5) is 12.2. The minimum atomic E-state index is -0.288. The van der Waals surface area contributed by atoms with Gasteiger partial charge in [0.1, 0.15) is 0 Å². The van der Waals surface area contributed by atoms with Crippen LogP contribution in [0, 0.1) is 0 Å². The number of hydrogen-bond donors (Lipinski definition) is 2. The zero-order valence-corrected chi connectivity index (χ0v) is 12.7. The number of benzene rings is 1. The first-order valence-electron chi connectivity index (χ1n) is 7.77. The fourth-order valence-corrected chi connectivity index (χ4v) is 2.73. The van der Waals surface area contributed by atoms with Crippen molar-refractivity contribution >= 4 is 5.91 Å². The average Bonchev–Trinajstić information content (AvgIpc) is 2.51. The smallest absolute Gasteiger partial charge is 0.251 e. The van der Waals surface area contributed by atoms with E-state index in [4.69, 9.17) is 5.73 Å². The molecule has 0 unspecified atom stereocenters. The van der Waals surface area contributed by atoms with Crippen molar-refractivity contribution in [1.82, 2.24) is 5.32 Å². The molecule has 1 amide bonds. The average molecular weight is 274 g/mol. The molecular weight excluding hydrogens is 248 g/mol. The number of nitrogens with two attached hydrogens (primary N) is 1. The summed E-state index contributed by atoms with van der Waals surface area (Å²) in [5, 5.41) is 2.98. The van der Waals surface area contributed by atoms with E-state index in [1.165, 1.54) is 24.0 Å². The van der Waals surface area contributed by atoms with E-state index in [0.717, 1.165) is 31.2 Å². The Morgan fingerprint density at radius 3 is 2.50 bits per heavy atom. The van der Waals surface area contributed by atoms with Gasteiger partial charge < -0.3 is 11.1 Å². The standard InChI is InChI=1S/C17H26N2O/c1-3-17(18,4-2)12-19-16(20)15-10-9-13-7-5-6-8-14(13)11-15/h9-11H,3-8,12,18H2,1-2H3,(H,19,20). The normalized spacial score (nSPS) is 14.8. The van der Waals surface area contributed by atoms with Crippen molar-refractivity contribution in [3.8, 4) is 0 Å². The van der Waals surface area contributed by atoms with Gasteiger partial charge in [-0.1, -0.05) is 19.9 Å². The Balaban J connectivity index is 2.02. The summed E-state index contributed by atoms with van der Waals surface area (Å²) in [5.74, 6) is -0.00454. The highest BCUT2D eigenvalue weighted by atomic mass is 16.1. The van der Waals surface area contributed by atoms with Gasteiger partial charge in [-0.25, -0.2) is 0 Å². The van der Waals surface area contributed by atoms with E-state index in [0.29, 0.717) is 6.54 Å². The van der Waals surface area contributed by atoms with Crippen molar-refractivity contribution in [1.29, 1.82) is 0 Å².